The van der Waals surface area contributed by atoms with Gasteiger partial charge in [0.2, 0.25) is 5.91 Å². The number of nitrogens with one attached hydrogen (secondary N) is 1. The molecule has 0 aliphatic rings. The van der Waals surface area contributed by atoms with Crippen LogP contribution in [0.3, 0.4) is 0 Å². The van der Waals surface area contributed by atoms with Gasteiger partial charge in [-0.3, -0.25) is 4.79 Å². The van der Waals surface area contributed by atoms with Crippen LogP contribution in [0.2, 0.25) is 0 Å². The van der Waals surface area contributed by atoms with Gasteiger partial charge in [-0.1, -0.05) is 0 Å². The Kier molecular flexibility index (Phi) is 6.86. The molecule has 0 saturated heterocycles. The molecule has 7 heteroatoms. The van der Waals surface area contributed by atoms with E-state index in [-0.39, 0.29) is 0 Å². The fraction of sp³-hybridized carbons (Fsp3) is 0.100. The van der Waals surface area contributed by atoms with Crippen molar-refractivity contribution in [1.29, 1.82) is 5.26 Å². The lowest BCUT2D eigenvalue weighted by Crippen LogP contribution is -2.24. The van der Waals surface area contributed by atoms with Gasteiger partial charge in [-0.2, -0.15) is 5.26 Å². The number of thiocarbonyl (C=S) groups is 1. The second-order valence-corrected chi connectivity index (χ2v) is 4.08. The van der Waals surface area contributed by atoms with E-state index in [9.17, 15) is 4.79 Å². The number of hydrogen-bond acceptors (Lipinski definition) is 3. The number of primary amides is 1. The first-order chi connectivity index (χ1) is 7.92. The molecular formula is C10H11BrN4OS. The first-order valence-electron chi connectivity index (χ1n) is 4.39. The zero-order valence-corrected chi connectivity index (χ0v) is 11.4. The van der Waals surface area contributed by atoms with Crippen molar-refractivity contribution in [2.75, 3.05) is 7.05 Å². The molecule has 1 aromatic carbocycles. The zero-order chi connectivity index (χ0) is 13.4. The summed E-state index contributed by atoms with van der Waals surface area (Å²) in [4.78, 5) is 10.7. The predicted molar refractivity (Wildman–Crippen MR) is 73.2 cm³/mol. The predicted octanol–water partition coefficient (Wildman–Crippen LogP) is 0.869. The van der Waals surface area contributed by atoms with Crippen LogP contribution in [0.1, 0.15) is 15.9 Å². The Morgan fingerprint density at radius 2 is 2.06 bits per heavy atom. The summed E-state index contributed by atoms with van der Waals surface area (Å²) in [7, 11) is 1.68. The van der Waals surface area contributed by atoms with Crippen LogP contribution in [-0.2, 0) is 0 Å². The molecule has 0 atom stereocenters. The molecule has 0 spiro atoms. The zero-order valence-electron chi connectivity index (χ0n) is 9.03. The fourth-order valence-corrected chi connectivity index (χ4v) is 1.36. The highest BCUT2D eigenvalue weighted by atomic mass is 79.9. The molecule has 5 N–H and O–H groups in total. The van der Waals surface area contributed by atoms with Gasteiger partial charge >= 0.3 is 0 Å². The van der Waals surface area contributed by atoms with Gasteiger partial charge in [0.1, 0.15) is 0 Å². The summed E-state index contributed by atoms with van der Waals surface area (Å²) in [6.45, 7) is 0. The maximum absolute atomic E-state index is 10.7. The fourth-order valence-electron chi connectivity index (χ4n) is 0.784. The number of hydrogen-bond donors (Lipinski definition) is 3. The number of nitrogens with zero attached hydrogens (tertiary/aromatic N) is 1. The lowest BCUT2D eigenvalue weighted by atomic mass is 10.1. The van der Waals surface area contributed by atoms with E-state index in [0.717, 1.165) is 0 Å². The van der Waals surface area contributed by atoms with Crippen molar-refractivity contribution < 1.29 is 4.79 Å². The summed E-state index contributed by atoms with van der Waals surface area (Å²) in [5.74, 6) is -0.508. The molecule has 17 heavy (non-hydrogen) atoms. The first-order valence-corrected chi connectivity index (χ1v) is 5.59. The Morgan fingerprint density at radius 1 is 1.53 bits per heavy atom. The minimum Gasteiger partial charge on any atom is -0.376 e. The molecule has 1 aromatic rings. The number of halogens is 1. The molecule has 1 rings (SSSR count). The molecule has 5 nitrogen and oxygen atoms in total. The molecule has 0 radical (unpaired) electrons. The maximum Gasteiger partial charge on any atom is 0.249 e. The highest BCUT2D eigenvalue weighted by Crippen LogP contribution is 2.17. The summed E-state index contributed by atoms with van der Waals surface area (Å²) in [5.41, 5.74) is 10.8. The van der Waals surface area contributed by atoms with Crippen LogP contribution < -0.4 is 16.8 Å². The minimum absolute atomic E-state index is 0.338. The van der Waals surface area contributed by atoms with Gasteiger partial charge < -0.3 is 16.8 Å². The Bertz CT molecular complexity index is 470. The van der Waals surface area contributed by atoms with E-state index in [1.54, 1.807) is 19.2 Å². The van der Waals surface area contributed by atoms with Gasteiger partial charge in [-0.15, -0.1) is 0 Å². The standard InChI is InChI=1S/C8H5BrN2O.C2H6N2S/c9-7-3-5(4-10)1-2-6(7)8(11)12;1-4-2(3)5/h1-3H,(H2,11,12);1H3,(H3,3,4,5). The van der Waals surface area contributed by atoms with Crippen molar-refractivity contribution in [3.63, 3.8) is 0 Å². The summed E-state index contributed by atoms with van der Waals surface area (Å²) in [6, 6.07) is 6.57. The molecule has 0 aliphatic heterocycles. The molecule has 0 saturated carbocycles. The van der Waals surface area contributed by atoms with Gasteiger partial charge in [-0.05, 0) is 46.3 Å². The molecule has 0 unspecified atom stereocenters. The average Bonchev–Trinajstić information content (AvgIpc) is 2.29. The Hall–Kier alpha value is -1.65. The summed E-state index contributed by atoms with van der Waals surface area (Å²) < 4.78 is 0.550. The summed E-state index contributed by atoms with van der Waals surface area (Å²) >= 11 is 7.50. The number of nitrogens with two attached hydrogens (primary N) is 2. The monoisotopic (exact) mass is 314 g/mol. The third-order valence-corrected chi connectivity index (χ3v) is 2.47. The van der Waals surface area contributed by atoms with Crippen LogP contribution in [0.15, 0.2) is 22.7 Å². The van der Waals surface area contributed by atoms with Crippen molar-refractivity contribution in [2.24, 2.45) is 11.5 Å². The number of amides is 1. The van der Waals surface area contributed by atoms with E-state index in [0.29, 0.717) is 20.7 Å². The largest absolute Gasteiger partial charge is 0.376 e. The number of rotatable bonds is 1. The van der Waals surface area contributed by atoms with E-state index in [1.165, 1.54) is 6.07 Å². The van der Waals surface area contributed by atoms with Gasteiger partial charge in [-0.25, -0.2) is 0 Å². The van der Waals surface area contributed by atoms with Gasteiger partial charge in [0.25, 0.3) is 0 Å². The van der Waals surface area contributed by atoms with Crippen molar-refractivity contribution in [2.45, 2.75) is 0 Å². The lowest BCUT2D eigenvalue weighted by molar-refractivity contribution is 0.0999. The second kappa shape index (κ2) is 7.60. The lowest BCUT2D eigenvalue weighted by Gasteiger charge is -1.98. The van der Waals surface area contributed by atoms with E-state index < -0.39 is 5.91 Å². The van der Waals surface area contributed by atoms with Crippen LogP contribution in [0.5, 0.6) is 0 Å². The van der Waals surface area contributed by atoms with Crippen molar-refractivity contribution in [3.8, 4) is 6.07 Å². The minimum atomic E-state index is -0.508. The van der Waals surface area contributed by atoms with Gasteiger partial charge in [0.05, 0.1) is 17.2 Å². The number of carbonyl (C=O) groups excluding carboxylic acids is 1. The molecule has 1 amide bonds. The number of nitriles is 1. The van der Waals surface area contributed by atoms with Crippen LogP contribution in [0.25, 0.3) is 0 Å². The maximum atomic E-state index is 10.7. The van der Waals surface area contributed by atoms with Crippen LogP contribution in [0.4, 0.5) is 0 Å². The van der Waals surface area contributed by atoms with E-state index in [2.05, 4.69) is 33.5 Å². The third kappa shape index (κ3) is 5.85. The van der Waals surface area contributed by atoms with E-state index in [1.807, 2.05) is 6.07 Å². The van der Waals surface area contributed by atoms with Crippen LogP contribution in [0, 0.1) is 11.3 Å². The van der Waals surface area contributed by atoms with Gasteiger partial charge in [0.15, 0.2) is 5.11 Å². The molecule has 0 aliphatic carbocycles. The SMILES string of the molecule is CNC(N)=S.N#Cc1ccc(C(N)=O)c(Br)c1. The smallest absolute Gasteiger partial charge is 0.249 e. The Balaban J connectivity index is 0.000000437. The quantitative estimate of drug-likeness (QED) is 0.667. The number of benzene rings is 1. The third-order valence-electron chi connectivity index (χ3n) is 1.61. The highest BCUT2D eigenvalue weighted by molar-refractivity contribution is 9.10. The molecule has 0 fully saturated rings. The topological polar surface area (TPSA) is 105 Å². The molecule has 0 bridgehead atoms. The van der Waals surface area contributed by atoms with Gasteiger partial charge in [0, 0.05) is 11.5 Å². The summed E-state index contributed by atoms with van der Waals surface area (Å²) in [6.07, 6.45) is 0. The second-order valence-electron chi connectivity index (χ2n) is 2.78. The first kappa shape index (κ1) is 15.4. The molecule has 0 aromatic heterocycles. The normalized spacial score (nSPS) is 8.29. The summed E-state index contributed by atoms with van der Waals surface area (Å²) in [5, 5.41) is 11.4. The van der Waals surface area contributed by atoms with E-state index in [4.69, 9.17) is 16.7 Å². The van der Waals surface area contributed by atoms with Crippen LogP contribution >= 0.6 is 28.1 Å². The van der Waals surface area contributed by atoms with Crippen molar-refractivity contribution in [3.05, 3.63) is 33.8 Å². The Morgan fingerprint density at radius 3 is 2.35 bits per heavy atom. The number of carbonyl (C=O) groups is 1. The molecule has 0 heterocycles. The van der Waals surface area contributed by atoms with Crippen molar-refractivity contribution in [1.82, 2.24) is 5.32 Å². The highest BCUT2D eigenvalue weighted by Gasteiger charge is 2.05. The van der Waals surface area contributed by atoms with Crippen molar-refractivity contribution >= 4 is 39.2 Å². The van der Waals surface area contributed by atoms with E-state index >= 15 is 0 Å². The van der Waals surface area contributed by atoms with Crippen LogP contribution in [-0.4, -0.2) is 18.1 Å². The Labute approximate surface area is 113 Å². The molecular weight excluding hydrogens is 304 g/mol. The average molecular weight is 315 g/mol. The molecule has 90 valence electrons.